The molecular formula is C47H56IrNO3S-. The van der Waals surface area contributed by atoms with Crippen LogP contribution in [0.1, 0.15) is 105 Å². The molecule has 283 valence electrons. The molecule has 0 bridgehead atoms. The number of pyridine rings is 1. The molecule has 0 fully saturated rings. The zero-order valence-electron chi connectivity index (χ0n) is 33.1. The predicted octanol–water partition coefficient (Wildman–Crippen LogP) is 14.0. The number of aliphatic hydroxyl groups excluding tert-OH is 1. The van der Waals surface area contributed by atoms with Gasteiger partial charge in [-0.25, -0.2) is 0 Å². The van der Waals surface area contributed by atoms with Crippen LogP contribution in [0.5, 0.6) is 0 Å². The van der Waals surface area contributed by atoms with Crippen LogP contribution < -0.4 is 0 Å². The fourth-order valence-electron chi connectivity index (χ4n) is 7.13. The Morgan fingerprint density at radius 3 is 2.23 bits per heavy atom. The molecule has 0 spiro atoms. The summed E-state index contributed by atoms with van der Waals surface area (Å²) < 4.78 is 7.42. The average Bonchev–Trinajstić information content (AvgIpc) is 3.69. The van der Waals surface area contributed by atoms with Crippen LogP contribution in [0.3, 0.4) is 0 Å². The first kappa shape index (κ1) is 42.2. The van der Waals surface area contributed by atoms with Crippen LogP contribution in [0.15, 0.2) is 82.3 Å². The Hall–Kier alpha value is -3.57. The molecule has 3 heterocycles. The Morgan fingerprint density at radius 2 is 1.58 bits per heavy atom. The minimum absolute atomic E-state index is 0. The summed E-state index contributed by atoms with van der Waals surface area (Å²) >= 11 is 1.84. The summed E-state index contributed by atoms with van der Waals surface area (Å²) in [5.41, 5.74) is 7.64. The van der Waals surface area contributed by atoms with Gasteiger partial charge in [-0.1, -0.05) is 110 Å². The summed E-state index contributed by atoms with van der Waals surface area (Å²) in [6.45, 7) is 21.4. The number of nitrogens with zero attached hydrogens (tertiary/aromatic N) is 1. The summed E-state index contributed by atoms with van der Waals surface area (Å²) in [4.78, 5) is 16.7. The molecule has 3 aromatic carbocycles. The van der Waals surface area contributed by atoms with Crippen LogP contribution in [0.4, 0.5) is 0 Å². The fraction of sp³-hybridized carbons (Fsp3) is 0.404. The number of thiophene rings is 1. The van der Waals surface area contributed by atoms with Crippen molar-refractivity contribution >= 4 is 49.1 Å². The van der Waals surface area contributed by atoms with Crippen molar-refractivity contribution in [3.63, 3.8) is 0 Å². The van der Waals surface area contributed by atoms with Crippen molar-refractivity contribution < 1.29 is 34.4 Å². The minimum Gasteiger partial charge on any atom is -0.512 e. The first-order chi connectivity index (χ1) is 24.8. The molecule has 53 heavy (non-hydrogen) atoms. The van der Waals surface area contributed by atoms with Gasteiger partial charge in [0.15, 0.2) is 5.78 Å². The maximum Gasteiger partial charge on any atom is 0.219 e. The van der Waals surface area contributed by atoms with E-state index >= 15 is 0 Å². The van der Waals surface area contributed by atoms with Crippen molar-refractivity contribution in [2.75, 3.05) is 0 Å². The molecule has 4 nitrogen and oxygen atoms in total. The number of rotatable bonds is 11. The Bertz CT molecular complexity index is 2190. The number of aromatic nitrogens is 1. The van der Waals surface area contributed by atoms with Crippen molar-refractivity contribution in [2.45, 2.75) is 107 Å². The second-order valence-electron chi connectivity index (χ2n) is 15.6. The number of hydrogen-bond donors (Lipinski definition) is 1. The van der Waals surface area contributed by atoms with Gasteiger partial charge in [0, 0.05) is 53.8 Å². The third kappa shape index (κ3) is 9.76. The minimum atomic E-state index is -0.00441. The molecule has 6 rings (SSSR count). The Kier molecular flexibility index (Phi) is 14.5. The molecule has 6 aromatic rings. The van der Waals surface area contributed by atoms with Gasteiger partial charge in [0.2, 0.25) is 5.71 Å². The summed E-state index contributed by atoms with van der Waals surface area (Å²) in [7, 11) is 0. The topological polar surface area (TPSA) is 63.3 Å². The van der Waals surface area contributed by atoms with E-state index in [2.05, 4.69) is 107 Å². The number of allylic oxidation sites excluding steroid dienone is 2. The van der Waals surface area contributed by atoms with E-state index in [0.717, 1.165) is 65.5 Å². The van der Waals surface area contributed by atoms with Gasteiger partial charge in [0.25, 0.3) is 0 Å². The van der Waals surface area contributed by atoms with Crippen LogP contribution in [-0.4, -0.2) is 15.9 Å². The third-order valence-electron chi connectivity index (χ3n) is 10.2. The van der Waals surface area contributed by atoms with Gasteiger partial charge in [0.1, 0.15) is 5.76 Å². The standard InChI is InChI=1S/C34H32NOS.C13H24O2.Ir/c1-20(2)13-25-19-37-32-17-23(11-12-27(25)32)28-18-31(35-33-29(28)14-21(3)36-33)24-15-22-9-7-8-10-26(22)30(16-24)34(4,5)6;1-5-10(6-2)12(14)9-13(15)11(7-3)8-4;/h7-12,14,16-20H,13H2,1-6H3;9-11,14H,5-8H2,1-4H3;/q-1;;/b;12-9-;. The molecule has 0 aliphatic rings. The number of carbonyl (C=O) groups excluding carboxylic acids is 1. The Morgan fingerprint density at radius 1 is 0.906 bits per heavy atom. The number of aliphatic hydroxyl groups is 1. The molecule has 1 N–H and O–H groups in total. The summed E-state index contributed by atoms with van der Waals surface area (Å²) in [5, 5.41) is 16.9. The van der Waals surface area contributed by atoms with Gasteiger partial charge < -0.3 is 9.52 Å². The van der Waals surface area contributed by atoms with Gasteiger partial charge in [0.05, 0.1) is 5.76 Å². The van der Waals surface area contributed by atoms with Crippen molar-refractivity contribution in [1.29, 1.82) is 0 Å². The number of aryl methyl sites for hydroxylation is 1. The maximum absolute atomic E-state index is 11.7. The molecule has 0 aliphatic carbocycles. The molecule has 0 atom stereocenters. The van der Waals surface area contributed by atoms with Crippen LogP contribution in [0.2, 0.25) is 0 Å². The van der Waals surface area contributed by atoms with Crippen molar-refractivity contribution in [1.82, 2.24) is 4.98 Å². The molecule has 3 aromatic heterocycles. The maximum atomic E-state index is 11.7. The van der Waals surface area contributed by atoms with Gasteiger partial charge in [-0.2, -0.15) is 0 Å². The van der Waals surface area contributed by atoms with Gasteiger partial charge in [-0.05, 0) is 90.0 Å². The normalized spacial score (nSPS) is 12.2. The van der Waals surface area contributed by atoms with E-state index in [9.17, 15) is 9.90 Å². The zero-order chi connectivity index (χ0) is 37.7. The first-order valence-electron chi connectivity index (χ1n) is 19.1. The molecular weight excluding hydrogens is 851 g/mol. The van der Waals surface area contributed by atoms with Crippen LogP contribution in [0.25, 0.3) is 54.3 Å². The van der Waals surface area contributed by atoms with E-state index in [1.54, 1.807) is 0 Å². The molecule has 6 heteroatoms. The van der Waals surface area contributed by atoms with Crippen molar-refractivity contribution in [3.8, 4) is 22.4 Å². The quantitative estimate of drug-likeness (QED) is 0.0799. The third-order valence-corrected chi connectivity index (χ3v) is 11.2. The number of benzene rings is 3. The van der Waals surface area contributed by atoms with Crippen LogP contribution >= 0.6 is 11.3 Å². The van der Waals surface area contributed by atoms with Crippen molar-refractivity contribution in [2.24, 2.45) is 17.8 Å². The summed E-state index contributed by atoms with van der Waals surface area (Å²) in [5.74, 6) is 2.06. The van der Waals surface area contributed by atoms with Crippen LogP contribution in [0, 0.1) is 30.7 Å². The van der Waals surface area contributed by atoms with Crippen LogP contribution in [-0.2, 0) is 36.7 Å². The first-order valence-corrected chi connectivity index (χ1v) is 20.0. The van der Waals surface area contributed by atoms with E-state index in [0.29, 0.717) is 11.6 Å². The Balaban J connectivity index is 0.000000335. The molecule has 0 amide bonds. The van der Waals surface area contributed by atoms with Gasteiger partial charge in [-0.3, -0.25) is 9.78 Å². The molecule has 0 saturated heterocycles. The van der Waals surface area contributed by atoms with Gasteiger partial charge in [-0.15, -0.1) is 40.5 Å². The largest absolute Gasteiger partial charge is 0.512 e. The summed E-state index contributed by atoms with van der Waals surface area (Å²) in [6, 6.07) is 25.6. The van der Waals surface area contributed by atoms with E-state index in [1.165, 1.54) is 38.2 Å². The van der Waals surface area contributed by atoms with Crippen molar-refractivity contribution in [3.05, 3.63) is 101 Å². The monoisotopic (exact) mass is 907 g/mol. The van der Waals surface area contributed by atoms with E-state index in [-0.39, 0.29) is 48.9 Å². The number of furan rings is 1. The number of hydrogen-bond acceptors (Lipinski definition) is 5. The van der Waals surface area contributed by atoms with E-state index < -0.39 is 0 Å². The summed E-state index contributed by atoms with van der Waals surface area (Å²) in [6.07, 6.45) is 6.02. The molecule has 0 saturated carbocycles. The molecule has 0 unspecified atom stereocenters. The van der Waals surface area contributed by atoms with E-state index in [1.807, 2.05) is 46.0 Å². The predicted molar refractivity (Wildman–Crippen MR) is 222 cm³/mol. The number of fused-ring (bicyclic) bond motifs is 3. The smallest absolute Gasteiger partial charge is 0.219 e. The molecule has 1 radical (unpaired) electrons. The second kappa shape index (κ2) is 18.2. The van der Waals surface area contributed by atoms with Gasteiger partial charge >= 0.3 is 0 Å². The average molecular weight is 907 g/mol. The second-order valence-corrected chi connectivity index (χ2v) is 16.5. The Labute approximate surface area is 334 Å². The fourth-order valence-corrected chi connectivity index (χ4v) is 8.14. The van der Waals surface area contributed by atoms with E-state index in [4.69, 9.17) is 9.40 Å². The molecule has 0 aliphatic heterocycles. The SMILES string of the molecule is CCC(CC)C(=O)/C=C(\O)C(CC)CC.Cc1cc2c(-c3ccc4c(CC(C)C)csc4c3)cc(-c3[c-]c4ccccc4c(C(C)(C)C)c3)nc2o1.[Ir]. The zero-order valence-corrected chi connectivity index (χ0v) is 36.4. The number of carbonyl (C=O) groups is 1. The number of ketones is 1.